The van der Waals surface area contributed by atoms with Crippen LogP contribution in [0.2, 0.25) is 0 Å². The lowest BCUT2D eigenvalue weighted by molar-refractivity contribution is -0.0506. The van der Waals surface area contributed by atoms with E-state index in [1.807, 2.05) is 0 Å². The monoisotopic (exact) mass is 227 g/mol. The molecule has 16 heavy (non-hydrogen) atoms. The molecule has 0 fully saturated rings. The molecule has 0 aliphatic rings. The van der Waals surface area contributed by atoms with Crippen LogP contribution in [0.25, 0.3) is 0 Å². The van der Waals surface area contributed by atoms with E-state index in [-0.39, 0.29) is 11.8 Å². The molecule has 0 bridgehead atoms. The molecule has 0 aliphatic carbocycles. The minimum absolute atomic E-state index is 0.0625. The molecule has 0 aromatic heterocycles. The van der Waals surface area contributed by atoms with Crippen molar-refractivity contribution in [3.63, 3.8) is 0 Å². The van der Waals surface area contributed by atoms with E-state index >= 15 is 0 Å². The maximum atomic E-state index is 12.2. The van der Waals surface area contributed by atoms with Gasteiger partial charge >= 0.3 is 6.61 Å². The fourth-order valence-electron chi connectivity index (χ4n) is 1.54. The third-order valence-corrected chi connectivity index (χ3v) is 2.26. The van der Waals surface area contributed by atoms with Crippen LogP contribution in [-0.2, 0) is 0 Å². The SMILES string of the molecule is C=CCC(NC)c1ccccc1OC(F)F. The second kappa shape index (κ2) is 6.23. The lowest BCUT2D eigenvalue weighted by Gasteiger charge is -2.18. The summed E-state index contributed by atoms with van der Waals surface area (Å²) in [6, 6.07) is 6.70. The van der Waals surface area contributed by atoms with Gasteiger partial charge in [-0.05, 0) is 19.5 Å². The second-order valence-corrected chi connectivity index (χ2v) is 3.28. The van der Waals surface area contributed by atoms with Crippen molar-refractivity contribution >= 4 is 0 Å². The Hall–Kier alpha value is -1.42. The average molecular weight is 227 g/mol. The van der Waals surface area contributed by atoms with Gasteiger partial charge in [-0.1, -0.05) is 24.3 Å². The quantitative estimate of drug-likeness (QED) is 0.754. The molecule has 0 spiro atoms. The molecule has 0 saturated heterocycles. The van der Waals surface area contributed by atoms with Crippen LogP contribution < -0.4 is 10.1 Å². The Morgan fingerprint density at radius 3 is 2.69 bits per heavy atom. The van der Waals surface area contributed by atoms with Crippen LogP contribution in [0.5, 0.6) is 5.75 Å². The Kier molecular flexibility index (Phi) is 4.92. The number of benzene rings is 1. The molecule has 1 aromatic rings. The molecule has 88 valence electrons. The summed E-state index contributed by atoms with van der Waals surface area (Å²) in [5.41, 5.74) is 0.713. The van der Waals surface area contributed by atoms with Gasteiger partial charge in [0.25, 0.3) is 0 Å². The first kappa shape index (κ1) is 12.6. The topological polar surface area (TPSA) is 21.3 Å². The third kappa shape index (κ3) is 3.31. The normalized spacial score (nSPS) is 12.5. The highest BCUT2D eigenvalue weighted by atomic mass is 19.3. The molecule has 1 rings (SSSR count). The Bertz CT molecular complexity index is 342. The first-order valence-corrected chi connectivity index (χ1v) is 5.01. The summed E-state index contributed by atoms with van der Waals surface area (Å²) in [6.45, 7) is 0.832. The predicted molar refractivity (Wildman–Crippen MR) is 59.7 cm³/mol. The van der Waals surface area contributed by atoms with Gasteiger partial charge in [0.2, 0.25) is 0 Å². The first-order valence-electron chi connectivity index (χ1n) is 5.01. The van der Waals surface area contributed by atoms with Gasteiger partial charge in [0, 0.05) is 11.6 Å². The number of alkyl halides is 2. The minimum atomic E-state index is -2.80. The molecular formula is C12H15F2NO. The fraction of sp³-hybridized carbons (Fsp3) is 0.333. The molecule has 1 unspecified atom stereocenters. The molecule has 0 aliphatic heterocycles. The smallest absolute Gasteiger partial charge is 0.387 e. The summed E-state index contributed by atoms with van der Waals surface area (Å²) in [7, 11) is 1.77. The second-order valence-electron chi connectivity index (χ2n) is 3.28. The highest BCUT2D eigenvalue weighted by Gasteiger charge is 2.15. The number of halogens is 2. The fourth-order valence-corrected chi connectivity index (χ4v) is 1.54. The van der Waals surface area contributed by atoms with Gasteiger partial charge in [-0.25, -0.2) is 0 Å². The van der Waals surface area contributed by atoms with Gasteiger partial charge in [-0.2, -0.15) is 8.78 Å². The van der Waals surface area contributed by atoms with Crippen molar-refractivity contribution in [1.82, 2.24) is 5.32 Å². The lowest BCUT2D eigenvalue weighted by atomic mass is 10.0. The molecule has 0 saturated carbocycles. The van der Waals surface area contributed by atoms with Crippen molar-refractivity contribution in [2.45, 2.75) is 19.1 Å². The van der Waals surface area contributed by atoms with Gasteiger partial charge in [0.15, 0.2) is 0 Å². The third-order valence-electron chi connectivity index (χ3n) is 2.26. The van der Waals surface area contributed by atoms with Gasteiger partial charge < -0.3 is 10.1 Å². The van der Waals surface area contributed by atoms with E-state index < -0.39 is 6.61 Å². The molecule has 4 heteroatoms. The van der Waals surface area contributed by atoms with Crippen molar-refractivity contribution in [3.8, 4) is 5.75 Å². The molecular weight excluding hydrogens is 212 g/mol. The van der Waals surface area contributed by atoms with Crippen molar-refractivity contribution < 1.29 is 13.5 Å². The van der Waals surface area contributed by atoms with Crippen LogP contribution in [-0.4, -0.2) is 13.7 Å². The summed E-state index contributed by atoms with van der Waals surface area (Å²) in [6.07, 6.45) is 2.39. The van der Waals surface area contributed by atoms with E-state index in [9.17, 15) is 8.78 Å². The zero-order valence-electron chi connectivity index (χ0n) is 9.12. The highest BCUT2D eigenvalue weighted by Crippen LogP contribution is 2.28. The summed E-state index contributed by atoms with van der Waals surface area (Å²) < 4.78 is 28.8. The summed E-state index contributed by atoms with van der Waals surface area (Å²) >= 11 is 0. The Morgan fingerprint density at radius 1 is 1.44 bits per heavy atom. The zero-order valence-corrected chi connectivity index (χ0v) is 9.12. The lowest BCUT2D eigenvalue weighted by Crippen LogP contribution is -2.17. The van der Waals surface area contributed by atoms with E-state index in [1.54, 1.807) is 31.3 Å². The van der Waals surface area contributed by atoms with Crippen LogP contribution in [0.3, 0.4) is 0 Å². The van der Waals surface area contributed by atoms with Gasteiger partial charge in [0.05, 0.1) is 0 Å². The highest BCUT2D eigenvalue weighted by molar-refractivity contribution is 5.36. The Balaban J connectivity index is 2.95. The van der Waals surface area contributed by atoms with E-state index in [1.165, 1.54) is 6.07 Å². The molecule has 0 amide bonds. The van der Waals surface area contributed by atoms with Crippen LogP contribution >= 0.6 is 0 Å². The van der Waals surface area contributed by atoms with Crippen LogP contribution in [0.1, 0.15) is 18.0 Å². The molecule has 1 aromatic carbocycles. The average Bonchev–Trinajstić information content (AvgIpc) is 2.26. The zero-order chi connectivity index (χ0) is 12.0. The Morgan fingerprint density at radius 2 is 2.12 bits per heavy atom. The largest absolute Gasteiger partial charge is 0.434 e. The predicted octanol–water partition coefficient (Wildman–Crippen LogP) is 3.12. The minimum Gasteiger partial charge on any atom is -0.434 e. The summed E-state index contributed by atoms with van der Waals surface area (Å²) in [5, 5.41) is 3.04. The molecule has 0 heterocycles. The number of hydrogen-bond donors (Lipinski definition) is 1. The van der Waals surface area contributed by atoms with Crippen molar-refractivity contribution in [1.29, 1.82) is 0 Å². The molecule has 2 nitrogen and oxygen atoms in total. The number of para-hydroxylation sites is 1. The van der Waals surface area contributed by atoms with Crippen molar-refractivity contribution in [2.75, 3.05) is 7.05 Å². The van der Waals surface area contributed by atoms with Crippen molar-refractivity contribution in [2.24, 2.45) is 0 Å². The standard InChI is InChI=1S/C12H15F2NO/c1-3-6-10(15-2)9-7-4-5-8-11(9)16-12(13)14/h3-5,7-8,10,12,15H,1,6H2,2H3. The maximum Gasteiger partial charge on any atom is 0.387 e. The van der Waals surface area contributed by atoms with Crippen LogP contribution in [0, 0.1) is 0 Å². The molecule has 1 N–H and O–H groups in total. The number of ether oxygens (including phenoxy) is 1. The van der Waals surface area contributed by atoms with Gasteiger partial charge in [0.1, 0.15) is 5.75 Å². The van der Waals surface area contributed by atoms with E-state index in [4.69, 9.17) is 0 Å². The summed E-state index contributed by atoms with van der Waals surface area (Å²) in [4.78, 5) is 0. The van der Waals surface area contributed by atoms with E-state index in [2.05, 4.69) is 16.6 Å². The van der Waals surface area contributed by atoms with Gasteiger partial charge in [-0.15, -0.1) is 6.58 Å². The van der Waals surface area contributed by atoms with E-state index in [0.717, 1.165) is 0 Å². The molecule has 0 radical (unpaired) electrons. The first-order chi connectivity index (χ1) is 7.69. The van der Waals surface area contributed by atoms with Crippen LogP contribution in [0.15, 0.2) is 36.9 Å². The van der Waals surface area contributed by atoms with Crippen molar-refractivity contribution in [3.05, 3.63) is 42.5 Å². The summed E-state index contributed by atoms with van der Waals surface area (Å²) in [5.74, 6) is 0.207. The number of rotatable bonds is 6. The van der Waals surface area contributed by atoms with Gasteiger partial charge in [-0.3, -0.25) is 0 Å². The number of hydrogen-bond acceptors (Lipinski definition) is 2. The number of nitrogens with one attached hydrogen (secondary N) is 1. The molecule has 1 atom stereocenters. The van der Waals surface area contributed by atoms with E-state index in [0.29, 0.717) is 12.0 Å². The maximum absolute atomic E-state index is 12.2. The Labute approximate surface area is 93.9 Å². The van der Waals surface area contributed by atoms with Crippen LogP contribution in [0.4, 0.5) is 8.78 Å².